The Morgan fingerprint density at radius 1 is 1.04 bits per heavy atom. The van der Waals surface area contributed by atoms with Gasteiger partial charge in [0.25, 0.3) is 0 Å². The van der Waals surface area contributed by atoms with Crippen LogP contribution < -0.4 is 4.74 Å². The first-order valence-electron chi connectivity index (χ1n) is 8.79. The summed E-state index contributed by atoms with van der Waals surface area (Å²) in [4.78, 5) is 6.73. The molecule has 1 aromatic heterocycles. The Kier molecular flexibility index (Phi) is 6.21. The van der Waals surface area contributed by atoms with Gasteiger partial charge < -0.3 is 14.7 Å². The van der Waals surface area contributed by atoms with E-state index < -0.39 is 0 Å². The van der Waals surface area contributed by atoms with E-state index in [1.807, 2.05) is 54.7 Å². The fourth-order valence-corrected chi connectivity index (χ4v) is 3.26. The number of benzene rings is 1. The third kappa shape index (κ3) is 5.05. The van der Waals surface area contributed by atoms with Crippen molar-refractivity contribution in [3.05, 3.63) is 60.4 Å². The van der Waals surface area contributed by atoms with Crippen LogP contribution in [0, 0.1) is 5.92 Å². The molecule has 4 nitrogen and oxygen atoms in total. The summed E-state index contributed by atoms with van der Waals surface area (Å²) in [6.45, 7) is 3.50. The highest BCUT2D eigenvalue weighted by Crippen LogP contribution is 2.21. The summed E-state index contributed by atoms with van der Waals surface area (Å²) >= 11 is 0. The van der Waals surface area contributed by atoms with Gasteiger partial charge in [0.2, 0.25) is 0 Å². The van der Waals surface area contributed by atoms with Gasteiger partial charge in [-0.05, 0) is 50.1 Å². The minimum atomic E-state index is -0.243. The molecule has 2 heterocycles. The van der Waals surface area contributed by atoms with Gasteiger partial charge >= 0.3 is 0 Å². The van der Waals surface area contributed by atoms with Crippen molar-refractivity contribution in [3.8, 4) is 5.75 Å². The topological polar surface area (TPSA) is 45.6 Å². The average Bonchev–Trinajstić information content (AvgIpc) is 2.96. The van der Waals surface area contributed by atoms with E-state index in [9.17, 15) is 5.11 Å². The zero-order valence-corrected chi connectivity index (χ0v) is 14.1. The summed E-state index contributed by atoms with van der Waals surface area (Å²) in [6, 6.07) is 15.9. The lowest BCUT2D eigenvalue weighted by atomic mass is 10.00. The Morgan fingerprint density at radius 2 is 1.88 bits per heavy atom. The van der Waals surface area contributed by atoms with E-state index in [1.54, 1.807) is 0 Å². The van der Waals surface area contributed by atoms with E-state index in [0.29, 0.717) is 5.92 Å². The van der Waals surface area contributed by atoms with Crippen LogP contribution in [0.4, 0.5) is 0 Å². The van der Waals surface area contributed by atoms with Gasteiger partial charge in [-0.2, -0.15) is 0 Å². The van der Waals surface area contributed by atoms with Gasteiger partial charge in [-0.3, -0.25) is 4.98 Å². The van der Waals surface area contributed by atoms with Crippen LogP contribution in [0.15, 0.2) is 54.7 Å². The maximum atomic E-state index is 10.3. The van der Waals surface area contributed by atoms with Crippen molar-refractivity contribution in [2.24, 2.45) is 5.92 Å². The standard InChI is InChI=1S/C20H26N2O2/c23-20-16-22(15-17(20)14-18-8-4-5-11-21-18)12-6-7-13-24-19-9-2-1-3-10-19/h1-5,8-11,17,20,23H,6-7,12-16H2/t17-,20-/m1/s1. The molecule has 0 saturated carbocycles. The Morgan fingerprint density at radius 3 is 2.67 bits per heavy atom. The zero-order valence-electron chi connectivity index (χ0n) is 14.1. The number of unbranched alkanes of at least 4 members (excludes halogenated alkanes) is 1. The van der Waals surface area contributed by atoms with Gasteiger partial charge in [-0.15, -0.1) is 0 Å². The minimum Gasteiger partial charge on any atom is -0.494 e. The minimum absolute atomic E-state index is 0.243. The maximum absolute atomic E-state index is 10.3. The summed E-state index contributed by atoms with van der Waals surface area (Å²) in [7, 11) is 0. The Bertz CT molecular complexity index is 591. The molecule has 1 saturated heterocycles. The number of likely N-dealkylation sites (tertiary alicyclic amines) is 1. The number of aliphatic hydroxyl groups excluding tert-OH is 1. The summed E-state index contributed by atoms with van der Waals surface area (Å²) in [5.74, 6) is 1.23. The highest BCUT2D eigenvalue weighted by atomic mass is 16.5. The molecule has 1 aliphatic rings. The highest BCUT2D eigenvalue weighted by molar-refractivity contribution is 5.20. The van der Waals surface area contributed by atoms with Gasteiger partial charge in [-0.1, -0.05) is 24.3 Å². The van der Waals surface area contributed by atoms with Gasteiger partial charge in [0.05, 0.1) is 12.7 Å². The molecular weight excluding hydrogens is 300 g/mol. The molecule has 2 aromatic rings. The molecule has 3 rings (SSSR count). The molecule has 0 aliphatic carbocycles. The van der Waals surface area contributed by atoms with Crippen LogP contribution >= 0.6 is 0 Å². The van der Waals surface area contributed by atoms with Crippen LogP contribution in [0.1, 0.15) is 18.5 Å². The van der Waals surface area contributed by atoms with Crippen molar-refractivity contribution in [1.82, 2.24) is 9.88 Å². The number of nitrogens with zero attached hydrogens (tertiary/aromatic N) is 2. The molecule has 1 N–H and O–H groups in total. The second kappa shape index (κ2) is 8.81. The van der Waals surface area contributed by atoms with Crippen molar-refractivity contribution in [2.75, 3.05) is 26.2 Å². The van der Waals surface area contributed by atoms with Crippen molar-refractivity contribution in [2.45, 2.75) is 25.4 Å². The molecule has 2 atom stereocenters. The first-order valence-corrected chi connectivity index (χ1v) is 8.79. The number of para-hydroxylation sites is 1. The van der Waals surface area contributed by atoms with Gasteiger partial charge in [0.15, 0.2) is 0 Å². The number of pyridine rings is 1. The molecule has 0 radical (unpaired) electrons. The fourth-order valence-electron chi connectivity index (χ4n) is 3.26. The molecule has 0 amide bonds. The van der Waals surface area contributed by atoms with Gasteiger partial charge in [0.1, 0.15) is 5.75 Å². The van der Waals surface area contributed by atoms with Crippen molar-refractivity contribution >= 4 is 0 Å². The Hall–Kier alpha value is -1.91. The number of aromatic nitrogens is 1. The van der Waals surface area contributed by atoms with Crippen molar-refractivity contribution in [3.63, 3.8) is 0 Å². The molecule has 0 bridgehead atoms. The summed E-state index contributed by atoms with van der Waals surface area (Å²) in [5.41, 5.74) is 1.07. The van der Waals surface area contributed by atoms with E-state index in [1.165, 1.54) is 0 Å². The zero-order chi connectivity index (χ0) is 16.6. The predicted molar refractivity (Wildman–Crippen MR) is 95.0 cm³/mol. The second-order valence-corrected chi connectivity index (χ2v) is 6.48. The smallest absolute Gasteiger partial charge is 0.119 e. The molecule has 128 valence electrons. The summed E-state index contributed by atoms with van der Waals surface area (Å²) in [5, 5.41) is 10.3. The number of hydrogen-bond acceptors (Lipinski definition) is 4. The van der Waals surface area contributed by atoms with Crippen LogP contribution in [-0.4, -0.2) is 47.3 Å². The summed E-state index contributed by atoms with van der Waals surface area (Å²) in [6.07, 6.45) is 4.56. The normalized spacial score (nSPS) is 21.0. The lowest BCUT2D eigenvalue weighted by Crippen LogP contribution is -2.23. The highest BCUT2D eigenvalue weighted by Gasteiger charge is 2.30. The predicted octanol–water partition coefficient (Wildman–Crippen LogP) is 2.78. The van der Waals surface area contributed by atoms with Gasteiger partial charge in [-0.25, -0.2) is 0 Å². The third-order valence-corrected chi connectivity index (χ3v) is 4.56. The maximum Gasteiger partial charge on any atom is 0.119 e. The molecule has 4 heteroatoms. The quantitative estimate of drug-likeness (QED) is 0.758. The van der Waals surface area contributed by atoms with Crippen molar-refractivity contribution in [1.29, 1.82) is 0 Å². The first kappa shape index (κ1) is 16.9. The molecule has 0 unspecified atom stereocenters. The van der Waals surface area contributed by atoms with Crippen molar-refractivity contribution < 1.29 is 9.84 Å². The van der Waals surface area contributed by atoms with E-state index >= 15 is 0 Å². The van der Waals surface area contributed by atoms with Gasteiger partial charge in [0, 0.05) is 30.9 Å². The molecule has 1 aromatic carbocycles. The van der Waals surface area contributed by atoms with E-state index in [0.717, 1.165) is 56.9 Å². The number of β-amino-alcohol motifs (C(OH)–C–C–N with tert-alkyl or cyclic N) is 1. The molecular formula is C20H26N2O2. The number of hydrogen-bond donors (Lipinski definition) is 1. The van der Waals surface area contributed by atoms with Crippen LogP contribution in [-0.2, 0) is 6.42 Å². The van der Waals surface area contributed by atoms with E-state index in [2.05, 4.69) is 9.88 Å². The monoisotopic (exact) mass is 326 g/mol. The number of rotatable bonds is 8. The van der Waals surface area contributed by atoms with Crippen LogP contribution in [0.2, 0.25) is 0 Å². The lowest BCUT2D eigenvalue weighted by molar-refractivity contribution is 0.141. The fraction of sp³-hybridized carbons (Fsp3) is 0.450. The lowest BCUT2D eigenvalue weighted by Gasteiger charge is -2.15. The largest absolute Gasteiger partial charge is 0.494 e. The second-order valence-electron chi connectivity index (χ2n) is 6.48. The Labute approximate surface area is 144 Å². The molecule has 1 aliphatic heterocycles. The molecule has 1 fully saturated rings. The third-order valence-electron chi connectivity index (χ3n) is 4.56. The number of ether oxygens (including phenoxy) is 1. The van der Waals surface area contributed by atoms with Crippen LogP contribution in [0.5, 0.6) is 5.75 Å². The van der Waals surface area contributed by atoms with E-state index in [4.69, 9.17) is 4.74 Å². The first-order chi connectivity index (χ1) is 11.8. The van der Waals surface area contributed by atoms with E-state index in [-0.39, 0.29) is 6.10 Å². The Balaban J connectivity index is 1.33. The molecule has 0 spiro atoms. The molecule has 24 heavy (non-hydrogen) atoms. The summed E-state index contributed by atoms with van der Waals surface area (Å²) < 4.78 is 5.72. The van der Waals surface area contributed by atoms with Crippen LogP contribution in [0.25, 0.3) is 0 Å². The SMILES string of the molecule is O[C@@H]1CN(CCCCOc2ccccc2)C[C@H]1Cc1ccccn1. The van der Waals surface area contributed by atoms with Crippen LogP contribution in [0.3, 0.4) is 0 Å². The average molecular weight is 326 g/mol. The number of aliphatic hydroxyl groups is 1.